The molecule has 1 spiro atoms. The number of nitrogens with two attached hydrogens (primary N) is 1. The minimum Gasteiger partial charge on any atom is -0.491 e. The van der Waals surface area contributed by atoms with Gasteiger partial charge in [0.15, 0.2) is 0 Å². The number of carbonyl (C=O) groups is 1. The molecule has 8 nitrogen and oxygen atoms in total. The third kappa shape index (κ3) is 4.90. The predicted octanol–water partition coefficient (Wildman–Crippen LogP) is 3.19. The van der Waals surface area contributed by atoms with Crippen molar-refractivity contribution in [1.29, 1.82) is 10.8 Å². The van der Waals surface area contributed by atoms with Crippen LogP contribution in [0.5, 0.6) is 5.75 Å². The molecule has 8 heteroatoms. The van der Waals surface area contributed by atoms with Gasteiger partial charge in [-0.05, 0) is 56.3 Å². The van der Waals surface area contributed by atoms with Gasteiger partial charge in [-0.1, -0.05) is 18.2 Å². The molecule has 1 fully saturated rings. The summed E-state index contributed by atoms with van der Waals surface area (Å²) >= 11 is 0. The van der Waals surface area contributed by atoms with Crippen LogP contribution >= 0.6 is 0 Å². The molecular weight excluding hydrogens is 418 g/mol. The van der Waals surface area contributed by atoms with Crippen LogP contribution in [0.4, 0.5) is 11.4 Å². The zero-order valence-corrected chi connectivity index (χ0v) is 19.0. The first-order valence-electron chi connectivity index (χ1n) is 10.7. The van der Waals surface area contributed by atoms with E-state index in [1.807, 2.05) is 47.4 Å². The van der Waals surface area contributed by atoms with Crippen LogP contribution in [-0.4, -0.2) is 48.2 Å². The van der Waals surface area contributed by atoms with Crippen LogP contribution in [0.25, 0.3) is 5.57 Å². The van der Waals surface area contributed by atoms with E-state index in [1.54, 1.807) is 13.8 Å². The predicted molar refractivity (Wildman–Crippen MR) is 132 cm³/mol. The Morgan fingerprint density at radius 2 is 2.00 bits per heavy atom. The summed E-state index contributed by atoms with van der Waals surface area (Å²) in [4.78, 5) is 15.2. The van der Waals surface area contributed by atoms with Crippen molar-refractivity contribution < 1.29 is 14.6 Å². The van der Waals surface area contributed by atoms with Crippen molar-refractivity contribution in [3.8, 4) is 5.75 Å². The molecule has 1 saturated heterocycles. The molecule has 0 radical (unpaired) electrons. The van der Waals surface area contributed by atoms with Crippen LogP contribution in [0, 0.1) is 10.8 Å². The van der Waals surface area contributed by atoms with Gasteiger partial charge in [-0.2, -0.15) is 0 Å². The molecular formula is C25H31N5O3. The summed E-state index contributed by atoms with van der Waals surface area (Å²) in [7, 11) is 0. The van der Waals surface area contributed by atoms with Crippen LogP contribution in [0.2, 0.25) is 0 Å². The number of hydrogen-bond donors (Lipinski definition) is 5. The number of amides is 1. The summed E-state index contributed by atoms with van der Waals surface area (Å²) < 4.78 is 5.70. The lowest BCUT2D eigenvalue weighted by Gasteiger charge is -2.24. The van der Waals surface area contributed by atoms with Crippen molar-refractivity contribution in [3.05, 3.63) is 59.8 Å². The first-order valence-corrected chi connectivity index (χ1v) is 10.7. The maximum Gasteiger partial charge on any atom is 0.253 e. The van der Waals surface area contributed by atoms with Crippen molar-refractivity contribution in [2.75, 3.05) is 23.4 Å². The van der Waals surface area contributed by atoms with E-state index < -0.39 is 11.1 Å². The van der Waals surface area contributed by atoms with E-state index in [0.29, 0.717) is 30.7 Å². The average molecular weight is 450 g/mol. The zero-order chi connectivity index (χ0) is 24.2. The Hall–Kier alpha value is -3.65. The standard InChI is InChI=1S/C24H28N4O3.CH3N/c1-23(2,30)15-31-20-8-5-17-12-24(27-21(17)11-20)9-10-28(22(24)29)19-6-3-16(4-7-19)18(13-25)14-26;1-2/h3-8,11,13-14,25,27,30H,9-10,12,15,26H2,1-2H3;2H,1H2/b18-14+,25-13?;. The topological polar surface area (TPSA) is 136 Å². The Morgan fingerprint density at radius 3 is 2.61 bits per heavy atom. The molecule has 33 heavy (non-hydrogen) atoms. The molecule has 2 aromatic carbocycles. The van der Waals surface area contributed by atoms with Crippen LogP contribution in [0.15, 0.2) is 48.7 Å². The molecule has 2 aliphatic heterocycles. The molecule has 1 amide bonds. The number of benzene rings is 2. The Morgan fingerprint density at radius 1 is 1.30 bits per heavy atom. The van der Waals surface area contributed by atoms with Gasteiger partial charge in [-0.3, -0.25) is 4.79 Å². The van der Waals surface area contributed by atoms with Gasteiger partial charge in [-0.15, -0.1) is 0 Å². The fourth-order valence-electron chi connectivity index (χ4n) is 4.16. The van der Waals surface area contributed by atoms with Crippen LogP contribution in [-0.2, 0) is 11.2 Å². The fourth-order valence-corrected chi connectivity index (χ4v) is 4.16. The number of ether oxygens (including phenoxy) is 1. The Kier molecular flexibility index (Phi) is 6.88. The zero-order valence-electron chi connectivity index (χ0n) is 19.0. The first kappa shape index (κ1) is 24.0. The Balaban J connectivity index is 0.00000149. The van der Waals surface area contributed by atoms with E-state index in [1.165, 1.54) is 12.4 Å². The highest BCUT2D eigenvalue weighted by atomic mass is 16.5. The number of nitrogens with one attached hydrogen (secondary N) is 3. The number of hydrogen-bond acceptors (Lipinski definition) is 7. The molecule has 174 valence electrons. The van der Waals surface area contributed by atoms with Gasteiger partial charge in [0.2, 0.25) is 0 Å². The highest BCUT2D eigenvalue weighted by Gasteiger charge is 2.50. The number of aliphatic hydroxyl groups is 1. The van der Waals surface area contributed by atoms with Gasteiger partial charge in [0.1, 0.15) is 17.9 Å². The van der Waals surface area contributed by atoms with Gasteiger partial charge in [0.05, 0.1) is 5.60 Å². The largest absolute Gasteiger partial charge is 0.491 e. The summed E-state index contributed by atoms with van der Waals surface area (Å²) in [5, 5.41) is 26.3. The van der Waals surface area contributed by atoms with Crippen molar-refractivity contribution in [3.63, 3.8) is 0 Å². The lowest BCUT2D eigenvalue weighted by Crippen LogP contribution is -2.45. The maximum atomic E-state index is 13.4. The average Bonchev–Trinajstić information content (AvgIpc) is 3.34. The summed E-state index contributed by atoms with van der Waals surface area (Å²) in [5.41, 5.74) is 8.30. The third-order valence-corrected chi connectivity index (χ3v) is 5.80. The minimum atomic E-state index is -0.912. The highest BCUT2D eigenvalue weighted by molar-refractivity contribution is 6.09. The van der Waals surface area contributed by atoms with E-state index in [0.717, 1.165) is 22.5 Å². The van der Waals surface area contributed by atoms with Gasteiger partial charge < -0.3 is 36.6 Å². The molecule has 0 aromatic heterocycles. The Bertz CT molecular complexity index is 1060. The van der Waals surface area contributed by atoms with E-state index in [9.17, 15) is 9.90 Å². The van der Waals surface area contributed by atoms with Crippen LogP contribution < -0.4 is 20.7 Å². The third-order valence-electron chi connectivity index (χ3n) is 5.80. The smallest absolute Gasteiger partial charge is 0.253 e. The second kappa shape index (κ2) is 9.46. The monoisotopic (exact) mass is 449 g/mol. The van der Waals surface area contributed by atoms with Crippen LogP contribution in [0.1, 0.15) is 31.4 Å². The van der Waals surface area contributed by atoms with Crippen molar-refractivity contribution >= 4 is 35.8 Å². The molecule has 0 bridgehead atoms. The van der Waals surface area contributed by atoms with Gasteiger partial charge in [-0.25, -0.2) is 0 Å². The second-order valence-corrected chi connectivity index (χ2v) is 8.82. The molecule has 2 heterocycles. The molecule has 6 N–H and O–H groups in total. The van der Waals surface area contributed by atoms with E-state index in [-0.39, 0.29) is 12.5 Å². The molecule has 1 atom stereocenters. The van der Waals surface area contributed by atoms with Crippen molar-refractivity contribution in [2.24, 2.45) is 5.73 Å². The van der Waals surface area contributed by atoms with E-state index in [4.69, 9.17) is 21.3 Å². The quantitative estimate of drug-likeness (QED) is 0.432. The first-order chi connectivity index (χ1) is 15.7. The molecule has 0 saturated carbocycles. The number of allylic oxidation sites excluding steroid dienone is 1. The van der Waals surface area contributed by atoms with Gasteiger partial charge in [0, 0.05) is 48.4 Å². The number of rotatable bonds is 6. The number of carbonyl (C=O) groups excluding carboxylic acids is 1. The van der Waals surface area contributed by atoms with E-state index >= 15 is 0 Å². The number of fused-ring (bicyclic) bond motifs is 1. The summed E-state index contributed by atoms with van der Waals surface area (Å²) in [6.07, 6.45) is 3.95. The normalized spacial score (nSPS) is 19.5. The van der Waals surface area contributed by atoms with Gasteiger partial charge >= 0.3 is 0 Å². The fraction of sp³-hybridized carbons (Fsp3) is 0.320. The minimum absolute atomic E-state index is 0.0528. The SMILES string of the molecule is C=N.CC(C)(O)COc1ccc2c(c1)NC1(CCN(c3ccc(/C(C=N)=C/N)cc3)C1=O)C2. The second-order valence-electron chi connectivity index (χ2n) is 8.82. The van der Waals surface area contributed by atoms with Crippen molar-refractivity contribution in [1.82, 2.24) is 0 Å². The maximum absolute atomic E-state index is 13.4. The van der Waals surface area contributed by atoms with Crippen LogP contribution in [0.3, 0.4) is 0 Å². The highest BCUT2D eigenvalue weighted by Crippen LogP contribution is 2.42. The van der Waals surface area contributed by atoms with Gasteiger partial charge in [0.25, 0.3) is 5.91 Å². The Labute approximate surface area is 194 Å². The lowest BCUT2D eigenvalue weighted by atomic mass is 9.93. The molecule has 2 aliphatic rings. The number of nitrogens with zero attached hydrogens (tertiary/aromatic N) is 1. The summed E-state index contributed by atoms with van der Waals surface area (Å²) in [6.45, 7) is 6.72. The summed E-state index contributed by atoms with van der Waals surface area (Å²) in [5.74, 6) is 0.718. The molecule has 0 aliphatic carbocycles. The number of anilines is 2. The molecule has 4 rings (SSSR count). The van der Waals surface area contributed by atoms with E-state index in [2.05, 4.69) is 12.0 Å². The van der Waals surface area contributed by atoms with Crippen molar-refractivity contribution in [2.45, 2.75) is 37.8 Å². The summed E-state index contributed by atoms with van der Waals surface area (Å²) in [6, 6.07) is 13.3. The lowest BCUT2D eigenvalue weighted by molar-refractivity contribution is -0.120. The molecule has 2 aromatic rings. The molecule has 1 unspecified atom stereocenters.